The summed E-state index contributed by atoms with van der Waals surface area (Å²) in [5.74, 6) is 0. The third-order valence-corrected chi connectivity index (χ3v) is 8.42. The minimum absolute atomic E-state index is 0.184. The molecule has 1 atom stereocenters. The zero-order valence-corrected chi connectivity index (χ0v) is 18.2. The lowest BCUT2D eigenvalue weighted by atomic mass is 10.2. The molecule has 0 unspecified atom stereocenters. The Bertz CT molecular complexity index is 951. The van der Waals surface area contributed by atoms with Crippen LogP contribution in [0.25, 0.3) is 0 Å². The smallest absolute Gasteiger partial charge is 0.243 e. The van der Waals surface area contributed by atoms with Gasteiger partial charge in [-0.2, -0.15) is 4.31 Å². The number of sulfonamides is 1. The molecule has 3 heterocycles. The van der Waals surface area contributed by atoms with Crippen LogP contribution in [0.4, 0.5) is 11.4 Å². The number of aryl methyl sites for hydroxylation is 1. The monoisotopic (exact) mass is 421 g/mol. The number of thiophene rings is 1. The average molecular weight is 422 g/mol. The van der Waals surface area contributed by atoms with E-state index in [-0.39, 0.29) is 6.17 Å². The lowest BCUT2D eigenvalue weighted by Crippen LogP contribution is -2.40. The highest BCUT2D eigenvalue weighted by Crippen LogP contribution is 2.42. The zero-order chi connectivity index (χ0) is 19.9. The van der Waals surface area contributed by atoms with Gasteiger partial charge in [-0.15, -0.1) is 11.3 Å². The van der Waals surface area contributed by atoms with E-state index in [1.807, 2.05) is 12.1 Å². The van der Waals surface area contributed by atoms with E-state index in [1.54, 1.807) is 17.4 Å². The molecule has 152 valence electrons. The molecular weight excluding hydrogens is 394 g/mol. The van der Waals surface area contributed by atoms with Crippen LogP contribution in [-0.4, -0.2) is 51.7 Å². The molecule has 6 nitrogen and oxygen atoms in total. The first-order valence-corrected chi connectivity index (χ1v) is 12.0. The van der Waals surface area contributed by atoms with Crippen LogP contribution in [-0.2, 0) is 21.3 Å². The summed E-state index contributed by atoms with van der Waals surface area (Å²) in [4.78, 5) is 7.57. The Morgan fingerprint density at radius 1 is 1.11 bits per heavy atom. The van der Waals surface area contributed by atoms with Crippen molar-refractivity contribution in [1.82, 2.24) is 4.31 Å². The fraction of sp³-hybridized carbons (Fsp3) is 0.500. The minimum atomic E-state index is -3.51. The van der Waals surface area contributed by atoms with Gasteiger partial charge in [-0.1, -0.05) is 0 Å². The van der Waals surface area contributed by atoms with Crippen molar-refractivity contribution < 1.29 is 13.2 Å². The Labute approximate surface area is 171 Å². The van der Waals surface area contributed by atoms with Gasteiger partial charge in [-0.3, -0.25) is 0 Å². The summed E-state index contributed by atoms with van der Waals surface area (Å²) >= 11 is 1.79. The van der Waals surface area contributed by atoms with Crippen molar-refractivity contribution in [3.63, 3.8) is 0 Å². The summed E-state index contributed by atoms with van der Waals surface area (Å²) in [7, 11) is -3.51. The van der Waals surface area contributed by atoms with E-state index in [0.29, 0.717) is 31.2 Å². The van der Waals surface area contributed by atoms with E-state index < -0.39 is 10.0 Å². The fourth-order valence-corrected chi connectivity index (χ4v) is 6.35. The van der Waals surface area contributed by atoms with Crippen LogP contribution in [0, 0.1) is 6.92 Å². The molecule has 0 bridgehead atoms. The summed E-state index contributed by atoms with van der Waals surface area (Å²) in [6.07, 6.45) is 0.184. The molecule has 8 heteroatoms. The van der Waals surface area contributed by atoms with Crippen molar-refractivity contribution in [2.24, 2.45) is 0 Å². The van der Waals surface area contributed by atoms with Gasteiger partial charge >= 0.3 is 0 Å². The number of hydrogen-bond acceptors (Lipinski definition) is 6. The van der Waals surface area contributed by atoms with E-state index in [0.717, 1.165) is 24.5 Å². The average Bonchev–Trinajstić information content (AvgIpc) is 3.23. The third-order valence-electron chi connectivity index (χ3n) is 5.54. The molecule has 0 amide bonds. The van der Waals surface area contributed by atoms with Crippen molar-refractivity contribution in [3.8, 4) is 0 Å². The Morgan fingerprint density at radius 3 is 2.50 bits per heavy atom. The first kappa shape index (κ1) is 19.7. The number of fused-ring (bicyclic) bond motifs is 1. The molecule has 0 spiro atoms. The maximum Gasteiger partial charge on any atom is 0.243 e. The van der Waals surface area contributed by atoms with Gasteiger partial charge in [0.2, 0.25) is 10.0 Å². The second-order valence-electron chi connectivity index (χ2n) is 7.23. The largest absolute Gasteiger partial charge is 0.379 e. The highest BCUT2D eigenvalue weighted by molar-refractivity contribution is 7.89. The topological polar surface area (TPSA) is 53.1 Å². The van der Waals surface area contributed by atoms with Crippen LogP contribution in [0.15, 0.2) is 35.2 Å². The number of nitrogens with zero attached hydrogens (tertiary/aromatic N) is 3. The van der Waals surface area contributed by atoms with E-state index in [2.05, 4.69) is 42.7 Å². The first-order valence-electron chi connectivity index (χ1n) is 9.72. The Morgan fingerprint density at radius 2 is 1.86 bits per heavy atom. The van der Waals surface area contributed by atoms with Crippen LogP contribution >= 0.6 is 11.3 Å². The molecule has 2 aliphatic rings. The van der Waals surface area contributed by atoms with Gasteiger partial charge in [0, 0.05) is 29.4 Å². The lowest BCUT2D eigenvalue weighted by molar-refractivity contribution is 0.0730. The molecule has 1 fully saturated rings. The molecule has 28 heavy (non-hydrogen) atoms. The van der Waals surface area contributed by atoms with Gasteiger partial charge in [-0.25, -0.2) is 8.42 Å². The fourth-order valence-electron chi connectivity index (χ4n) is 4.03. The SMILES string of the molecule is CCN1c2ccc(S(=O)(=O)N3CCOCC3)cc2N(Cc2ccc(C)s2)[C@H]1C. The normalized spacial score (nSPS) is 20.6. The Kier molecular flexibility index (Phi) is 5.39. The van der Waals surface area contributed by atoms with Gasteiger partial charge in [0.05, 0.1) is 42.2 Å². The summed E-state index contributed by atoms with van der Waals surface area (Å²) < 4.78 is 33.1. The van der Waals surface area contributed by atoms with Gasteiger partial charge < -0.3 is 14.5 Å². The molecule has 4 rings (SSSR count). The van der Waals surface area contributed by atoms with E-state index in [4.69, 9.17) is 4.74 Å². The maximum atomic E-state index is 13.1. The maximum absolute atomic E-state index is 13.1. The zero-order valence-electron chi connectivity index (χ0n) is 16.6. The Balaban J connectivity index is 1.71. The van der Waals surface area contributed by atoms with Crippen molar-refractivity contribution >= 4 is 32.7 Å². The summed E-state index contributed by atoms with van der Waals surface area (Å²) in [5.41, 5.74) is 2.10. The number of rotatable bonds is 5. The van der Waals surface area contributed by atoms with Crippen LogP contribution in [0.3, 0.4) is 0 Å². The van der Waals surface area contributed by atoms with Crippen molar-refractivity contribution in [3.05, 3.63) is 40.1 Å². The first-order chi connectivity index (χ1) is 13.4. The highest BCUT2D eigenvalue weighted by Gasteiger charge is 2.34. The molecule has 1 aromatic heterocycles. The van der Waals surface area contributed by atoms with E-state index >= 15 is 0 Å². The van der Waals surface area contributed by atoms with Crippen LogP contribution in [0.1, 0.15) is 23.6 Å². The summed E-state index contributed by atoms with van der Waals surface area (Å²) in [6.45, 7) is 9.82. The van der Waals surface area contributed by atoms with Crippen LogP contribution < -0.4 is 9.80 Å². The Hall–Kier alpha value is -1.61. The molecular formula is C20H27N3O3S2. The number of hydrogen-bond donors (Lipinski definition) is 0. The molecule has 1 aromatic carbocycles. The minimum Gasteiger partial charge on any atom is -0.379 e. The van der Waals surface area contributed by atoms with Crippen molar-refractivity contribution in [1.29, 1.82) is 0 Å². The van der Waals surface area contributed by atoms with Gasteiger partial charge in [0.1, 0.15) is 0 Å². The third kappa shape index (κ3) is 3.43. The molecule has 2 aromatic rings. The van der Waals surface area contributed by atoms with E-state index in [1.165, 1.54) is 14.1 Å². The highest BCUT2D eigenvalue weighted by atomic mass is 32.2. The van der Waals surface area contributed by atoms with Crippen molar-refractivity contribution in [2.45, 2.75) is 38.4 Å². The summed E-state index contributed by atoms with van der Waals surface area (Å²) in [6, 6.07) is 9.86. The number of benzene rings is 1. The summed E-state index contributed by atoms with van der Waals surface area (Å²) in [5, 5.41) is 0. The molecule has 0 radical (unpaired) electrons. The molecule has 0 aliphatic carbocycles. The van der Waals surface area contributed by atoms with Gasteiger partial charge in [0.25, 0.3) is 0 Å². The molecule has 2 aliphatic heterocycles. The molecule has 0 N–H and O–H groups in total. The van der Waals surface area contributed by atoms with Crippen LogP contribution in [0.2, 0.25) is 0 Å². The quantitative estimate of drug-likeness (QED) is 0.742. The number of anilines is 2. The standard InChI is InChI=1S/C20H27N3O3S2/c1-4-22-16(3)23(14-17-6-5-15(2)27-17)20-13-18(7-8-19(20)22)28(24,25)21-9-11-26-12-10-21/h5-8,13,16H,4,9-12,14H2,1-3H3/t16-/m0/s1. The predicted molar refractivity (Wildman–Crippen MR) is 114 cm³/mol. The molecule has 0 saturated carbocycles. The molecule has 1 saturated heterocycles. The van der Waals surface area contributed by atoms with Gasteiger partial charge in [-0.05, 0) is 51.1 Å². The van der Waals surface area contributed by atoms with Crippen molar-refractivity contribution in [2.75, 3.05) is 42.6 Å². The number of ether oxygens (including phenoxy) is 1. The van der Waals surface area contributed by atoms with E-state index in [9.17, 15) is 8.42 Å². The number of morpholine rings is 1. The lowest BCUT2D eigenvalue weighted by Gasteiger charge is -2.29. The second kappa shape index (κ2) is 7.67. The van der Waals surface area contributed by atoms with Gasteiger partial charge in [0.15, 0.2) is 0 Å². The predicted octanol–water partition coefficient (Wildman–Crippen LogP) is 3.27. The second-order valence-corrected chi connectivity index (χ2v) is 10.5. The van der Waals surface area contributed by atoms with Crippen LogP contribution in [0.5, 0.6) is 0 Å².